The molecule has 1 unspecified atom stereocenters. The normalized spacial score (nSPS) is 13.5. The lowest BCUT2D eigenvalue weighted by molar-refractivity contribution is 0.328. The Kier molecular flexibility index (Phi) is 3.41. The fourth-order valence-electron chi connectivity index (χ4n) is 2.50. The Hall–Kier alpha value is -1.75. The zero-order valence-electron chi connectivity index (χ0n) is 12.5. The van der Waals surface area contributed by atoms with Gasteiger partial charge in [-0.25, -0.2) is 0 Å². The summed E-state index contributed by atoms with van der Waals surface area (Å²) >= 11 is 0. The van der Waals surface area contributed by atoms with Crippen molar-refractivity contribution in [1.82, 2.24) is 4.57 Å². The van der Waals surface area contributed by atoms with Gasteiger partial charge in [-0.1, -0.05) is 33.8 Å². The Morgan fingerprint density at radius 2 is 1.95 bits per heavy atom. The van der Waals surface area contributed by atoms with E-state index in [1.165, 1.54) is 16.6 Å². The third-order valence-corrected chi connectivity index (χ3v) is 4.12. The highest BCUT2D eigenvalue weighted by atomic mass is 15.0. The lowest BCUT2D eigenvalue weighted by Gasteiger charge is -2.28. The van der Waals surface area contributed by atoms with E-state index in [2.05, 4.69) is 57.4 Å². The second-order valence-electron chi connectivity index (χ2n) is 6.29. The van der Waals surface area contributed by atoms with Crippen molar-refractivity contribution in [3.63, 3.8) is 0 Å². The number of hydrogen-bond donors (Lipinski definition) is 0. The van der Waals surface area contributed by atoms with Crippen LogP contribution in [0.15, 0.2) is 24.3 Å². The lowest BCUT2D eigenvalue weighted by atomic mass is 9.80. The lowest BCUT2D eigenvalue weighted by Crippen LogP contribution is -2.18. The van der Waals surface area contributed by atoms with Gasteiger partial charge in [0.1, 0.15) is 0 Å². The van der Waals surface area contributed by atoms with Crippen LogP contribution < -0.4 is 0 Å². The van der Waals surface area contributed by atoms with Crippen molar-refractivity contribution >= 4 is 10.9 Å². The third kappa shape index (κ3) is 2.38. The molecule has 2 aromatic rings. The fourth-order valence-corrected chi connectivity index (χ4v) is 2.50. The molecule has 0 saturated heterocycles. The summed E-state index contributed by atoms with van der Waals surface area (Å²) in [6.45, 7) is 12.2. The summed E-state index contributed by atoms with van der Waals surface area (Å²) in [5, 5.41) is 10.3. The van der Waals surface area contributed by atoms with E-state index in [-0.39, 0.29) is 5.41 Å². The van der Waals surface area contributed by atoms with Crippen molar-refractivity contribution in [3.8, 4) is 6.07 Å². The molecule has 2 nitrogen and oxygen atoms in total. The average molecular weight is 254 g/mol. The van der Waals surface area contributed by atoms with Gasteiger partial charge in [-0.15, -0.1) is 0 Å². The van der Waals surface area contributed by atoms with Crippen LogP contribution >= 0.6 is 0 Å². The van der Waals surface area contributed by atoms with Crippen LogP contribution in [0.3, 0.4) is 0 Å². The number of nitriles is 1. The molecule has 0 aliphatic heterocycles. The van der Waals surface area contributed by atoms with Gasteiger partial charge in [0, 0.05) is 23.7 Å². The molecule has 1 heterocycles. The van der Waals surface area contributed by atoms with Crippen LogP contribution in [-0.4, -0.2) is 4.57 Å². The first-order chi connectivity index (χ1) is 8.88. The molecule has 0 spiro atoms. The summed E-state index contributed by atoms with van der Waals surface area (Å²) in [5.74, 6) is 0.477. The highest BCUT2D eigenvalue weighted by molar-refractivity contribution is 5.83. The van der Waals surface area contributed by atoms with E-state index < -0.39 is 0 Å². The average Bonchev–Trinajstić information content (AvgIpc) is 2.73. The van der Waals surface area contributed by atoms with Crippen molar-refractivity contribution in [2.24, 2.45) is 5.41 Å². The van der Waals surface area contributed by atoms with Crippen molar-refractivity contribution in [3.05, 3.63) is 35.5 Å². The number of nitrogens with zero attached hydrogens (tertiary/aromatic N) is 2. The van der Waals surface area contributed by atoms with E-state index >= 15 is 0 Å². The van der Waals surface area contributed by atoms with Crippen LogP contribution in [-0.2, 0) is 6.54 Å². The molecular weight excluding hydrogens is 232 g/mol. The highest BCUT2D eigenvalue weighted by Crippen LogP contribution is 2.37. The summed E-state index contributed by atoms with van der Waals surface area (Å²) in [5.41, 5.74) is 3.50. The summed E-state index contributed by atoms with van der Waals surface area (Å²) in [4.78, 5) is 0. The summed E-state index contributed by atoms with van der Waals surface area (Å²) in [7, 11) is 0. The molecule has 100 valence electrons. The number of aryl methyl sites for hydroxylation is 1. The molecule has 1 aromatic heterocycles. The summed E-state index contributed by atoms with van der Waals surface area (Å²) in [6, 6.07) is 10.4. The molecule has 0 aliphatic rings. The topological polar surface area (TPSA) is 28.7 Å². The van der Waals surface area contributed by atoms with Crippen LogP contribution in [0.5, 0.6) is 0 Å². The van der Waals surface area contributed by atoms with Gasteiger partial charge in [0.2, 0.25) is 0 Å². The van der Waals surface area contributed by atoms with Gasteiger partial charge < -0.3 is 4.57 Å². The molecule has 0 N–H and O–H groups in total. The number of aromatic nitrogens is 1. The molecular formula is C17H22N2. The van der Waals surface area contributed by atoms with Gasteiger partial charge >= 0.3 is 0 Å². The van der Waals surface area contributed by atoms with Gasteiger partial charge in [-0.05, 0) is 35.9 Å². The van der Waals surface area contributed by atoms with Gasteiger partial charge in [-0.3, -0.25) is 0 Å². The largest absolute Gasteiger partial charge is 0.345 e. The first-order valence-corrected chi connectivity index (χ1v) is 6.91. The smallest absolute Gasteiger partial charge is 0.0992 e. The SMILES string of the molecule is CCn1c(C(C)C(C)(C)C)cc2ccc(C#N)cc21. The quantitative estimate of drug-likeness (QED) is 0.764. The van der Waals surface area contributed by atoms with E-state index in [1.807, 2.05) is 12.1 Å². The van der Waals surface area contributed by atoms with Crippen molar-refractivity contribution in [2.45, 2.75) is 47.1 Å². The van der Waals surface area contributed by atoms with Crippen LogP contribution in [0.1, 0.15) is 51.8 Å². The first-order valence-electron chi connectivity index (χ1n) is 6.91. The number of rotatable bonds is 2. The highest BCUT2D eigenvalue weighted by Gasteiger charge is 2.25. The van der Waals surface area contributed by atoms with Gasteiger partial charge in [0.15, 0.2) is 0 Å². The molecule has 1 aromatic carbocycles. The molecule has 2 heteroatoms. The minimum atomic E-state index is 0.235. The predicted molar refractivity (Wildman–Crippen MR) is 80.2 cm³/mol. The van der Waals surface area contributed by atoms with Crippen LogP contribution in [0.2, 0.25) is 0 Å². The van der Waals surface area contributed by atoms with Crippen LogP contribution in [0, 0.1) is 16.7 Å². The number of benzene rings is 1. The Morgan fingerprint density at radius 1 is 1.26 bits per heavy atom. The monoisotopic (exact) mass is 254 g/mol. The standard InChI is InChI=1S/C17H22N2/c1-6-19-15(12(2)17(3,4)5)10-14-8-7-13(11-18)9-16(14)19/h7-10,12H,6H2,1-5H3. The van der Waals surface area contributed by atoms with Crippen molar-refractivity contribution < 1.29 is 0 Å². The minimum Gasteiger partial charge on any atom is -0.345 e. The van der Waals surface area contributed by atoms with Gasteiger partial charge in [0.25, 0.3) is 0 Å². The predicted octanol–water partition coefficient (Wildman–Crippen LogP) is 4.68. The molecule has 0 saturated carbocycles. The Morgan fingerprint density at radius 3 is 2.47 bits per heavy atom. The molecule has 0 bridgehead atoms. The number of hydrogen-bond acceptors (Lipinski definition) is 1. The van der Waals surface area contributed by atoms with E-state index in [9.17, 15) is 0 Å². The second kappa shape index (κ2) is 4.74. The molecule has 0 aliphatic carbocycles. The molecule has 0 amide bonds. The summed E-state index contributed by atoms with van der Waals surface area (Å²) < 4.78 is 2.34. The number of fused-ring (bicyclic) bond motifs is 1. The Bertz CT molecular complexity index is 636. The fraction of sp³-hybridized carbons (Fsp3) is 0.471. The second-order valence-corrected chi connectivity index (χ2v) is 6.29. The van der Waals surface area contributed by atoms with Crippen LogP contribution in [0.25, 0.3) is 10.9 Å². The van der Waals surface area contributed by atoms with Gasteiger partial charge in [0.05, 0.1) is 11.6 Å². The summed E-state index contributed by atoms with van der Waals surface area (Å²) in [6.07, 6.45) is 0. The molecule has 0 radical (unpaired) electrons. The van der Waals surface area contributed by atoms with E-state index in [1.54, 1.807) is 0 Å². The van der Waals surface area contributed by atoms with Crippen molar-refractivity contribution in [1.29, 1.82) is 5.26 Å². The maximum atomic E-state index is 9.05. The third-order valence-electron chi connectivity index (χ3n) is 4.12. The maximum absolute atomic E-state index is 9.05. The minimum absolute atomic E-state index is 0.235. The first kappa shape index (κ1) is 13.7. The van der Waals surface area contributed by atoms with Gasteiger partial charge in [-0.2, -0.15) is 5.26 Å². The molecule has 2 rings (SSSR count). The zero-order valence-corrected chi connectivity index (χ0v) is 12.5. The van der Waals surface area contributed by atoms with Crippen LogP contribution in [0.4, 0.5) is 0 Å². The molecule has 0 fully saturated rings. The van der Waals surface area contributed by atoms with E-state index in [4.69, 9.17) is 5.26 Å². The van der Waals surface area contributed by atoms with E-state index in [0.29, 0.717) is 5.92 Å². The Balaban J connectivity index is 2.67. The molecule has 19 heavy (non-hydrogen) atoms. The van der Waals surface area contributed by atoms with E-state index in [0.717, 1.165) is 12.1 Å². The Labute approximate surface area is 115 Å². The maximum Gasteiger partial charge on any atom is 0.0992 e. The zero-order chi connectivity index (χ0) is 14.2. The van der Waals surface area contributed by atoms with Crippen molar-refractivity contribution in [2.75, 3.05) is 0 Å². The molecule has 1 atom stereocenters.